The van der Waals surface area contributed by atoms with E-state index in [2.05, 4.69) is 10.3 Å². The van der Waals surface area contributed by atoms with Crippen LogP contribution in [-0.4, -0.2) is 36.2 Å². The molecule has 0 spiro atoms. The Kier molecular flexibility index (Phi) is 2.32. The van der Waals surface area contributed by atoms with Crippen molar-refractivity contribution >= 4 is 23.2 Å². The van der Waals surface area contributed by atoms with Crippen LogP contribution in [0.1, 0.15) is 23.2 Å². The highest BCUT2D eigenvalue weighted by atomic mass is 19.1. The average molecular weight is 273 g/mol. The van der Waals surface area contributed by atoms with Gasteiger partial charge in [0.2, 0.25) is 5.78 Å². The van der Waals surface area contributed by atoms with Crippen molar-refractivity contribution in [2.45, 2.75) is 24.9 Å². The van der Waals surface area contributed by atoms with Gasteiger partial charge in [-0.15, -0.1) is 0 Å². The lowest BCUT2D eigenvalue weighted by Gasteiger charge is -2.36. The Morgan fingerprint density at radius 3 is 3.05 bits per heavy atom. The molecule has 1 fully saturated rings. The van der Waals surface area contributed by atoms with Gasteiger partial charge in [-0.25, -0.2) is 4.39 Å². The van der Waals surface area contributed by atoms with E-state index < -0.39 is 5.82 Å². The molecule has 3 aliphatic rings. The summed E-state index contributed by atoms with van der Waals surface area (Å²) in [4.78, 5) is 30.6. The molecule has 0 aliphatic carbocycles. The van der Waals surface area contributed by atoms with Gasteiger partial charge in [0.25, 0.3) is 5.91 Å². The number of rotatable bonds is 0. The molecule has 0 bridgehead atoms. The van der Waals surface area contributed by atoms with Gasteiger partial charge < -0.3 is 5.32 Å². The van der Waals surface area contributed by atoms with E-state index in [4.69, 9.17) is 0 Å². The molecular weight excluding hydrogens is 261 g/mol. The van der Waals surface area contributed by atoms with E-state index in [0.29, 0.717) is 5.69 Å². The number of nitrogens with one attached hydrogen (secondary N) is 1. The summed E-state index contributed by atoms with van der Waals surface area (Å²) in [5, 5.41) is 3.16. The first kappa shape index (κ1) is 11.7. The lowest BCUT2D eigenvalue weighted by atomic mass is 9.96. The molecule has 20 heavy (non-hydrogen) atoms. The van der Waals surface area contributed by atoms with Crippen molar-refractivity contribution < 1.29 is 14.0 Å². The number of amides is 1. The van der Waals surface area contributed by atoms with Crippen LogP contribution < -0.4 is 10.2 Å². The fourth-order valence-electron chi connectivity index (χ4n) is 3.12. The molecule has 1 saturated heterocycles. The lowest BCUT2D eigenvalue weighted by Crippen LogP contribution is -2.59. The van der Waals surface area contributed by atoms with Gasteiger partial charge >= 0.3 is 0 Å². The minimum Gasteiger partial charge on any atom is -0.304 e. The minimum atomic E-state index is -0.486. The molecule has 102 valence electrons. The van der Waals surface area contributed by atoms with E-state index in [1.54, 1.807) is 0 Å². The molecular formula is C14H12FN3O2. The average Bonchev–Trinajstić information content (AvgIpc) is 2.73. The Hall–Kier alpha value is -2.08. The van der Waals surface area contributed by atoms with Gasteiger partial charge in [0.05, 0.1) is 17.3 Å². The van der Waals surface area contributed by atoms with Crippen molar-refractivity contribution in [1.82, 2.24) is 5.32 Å². The number of fused-ring (bicyclic) bond motifs is 4. The fourth-order valence-corrected chi connectivity index (χ4v) is 3.12. The number of hydrogen-bond donors (Lipinski definition) is 1. The van der Waals surface area contributed by atoms with E-state index in [1.807, 2.05) is 0 Å². The molecule has 1 aromatic carbocycles. The molecule has 0 aromatic heterocycles. The first-order valence-electron chi connectivity index (χ1n) is 6.66. The second-order valence-corrected chi connectivity index (χ2v) is 5.26. The zero-order chi connectivity index (χ0) is 13.9. The third-order valence-corrected chi connectivity index (χ3v) is 4.06. The van der Waals surface area contributed by atoms with Crippen molar-refractivity contribution in [3.05, 3.63) is 29.6 Å². The number of carbonyl (C=O) groups is 2. The van der Waals surface area contributed by atoms with Crippen molar-refractivity contribution in [2.75, 3.05) is 11.4 Å². The van der Waals surface area contributed by atoms with Gasteiger partial charge in [-0.2, -0.15) is 0 Å². The monoisotopic (exact) mass is 273 g/mol. The number of piperidine rings is 1. The van der Waals surface area contributed by atoms with Crippen LogP contribution in [0.4, 0.5) is 10.1 Å². The molecule has 2 atom stereocenters. The number of amidine groups is 1. The highest BCUT2D eigenvalue weighted by Crippen LogP contribution is 2.34. The number of halogens is 1. The van der Waals surface area contributed by atoms with Gasteiger partial charge in [0.15, 0.2) is 5.84 Å². The smallest absolute Gasteiger partial charge is 0.252 e. The third kappa shape index (κ3) is 1.42. The van der Waals surface area contributed by atoms with Gasteiger partial charge in [-0.3, -0.25) is 19.5 Å². The number of hydrogen-bond acceptors (Lipinski definition) is 4. The molecule has 2 unspecified atom stereocenters. The van der Waals surface area contributed by atoms with Crippen LogP contribution in [0.5, 0.6) is 0 Å². The van der Waals surface area contributed by atoms with E-state index in [0.717, 1.165) is 19.4 Å². The van der Waals surface area contributed by atoms with Gasteiger partial charge in [-0.05, 0) is 37.6 Å². The molecule has 0 saturated carbocycles. The number of anilines is 1. The number of ketones is 1. The molecule has 1 amide bonds. The predicted octanol–water partition coefficient (Wildman–Crippen LogP) is 0.888. The van der Waals surface area contributed by atoms with Crippen LogP contribution in [-0.2, 0) is 4.79 Å². The molecule has 1 aromatic rings. The van der Waals surface area contributed by atoms with Gasteiger partial charge in [-0.1, -0.05) is 0 Å². The van der Waals surface area contributed by atoms with Gasteiger partial charge in [0.1, 0.15) is 11.9 Å². The zero-order valence-corrected chi connectivity index (χ0v) is 10.6. The fraction of sp³-hybridized carbons (Fsp3) is 0.357. The number of benzene rings is 1. The van der Waals surface area contributed by atoms with E-state index in [1.165, 1.54) is 23.1 Å². The molecule has 6 heteroatoms. The number of nitrogens with zero attached hydrogens (tertiary/aromatic N) is 2. The maximum absolute atomic E-state index is 13.3. The van der Waals surface area contributed by atoms with Crippen LogP contribution in [0.3, 0.4) is 0 Å². The van der Waals surface area contributed by atoms with Crippen LogP contribution >= 0.6 is 0 Å². The summed E-state index contributed by atoms with van der Waals surface area (Å²) >= 11 is 0. The molecule has 3 aliphatic heterocycles. The largest absolute Gasteiger partial charge is 0.304 e. The highest BCUT2D eigenvalue weighted by molar-refractivity contribution is 6.59. The Bertz CT molecular complexity index is 670. The summed E-state index contributed by atoms with van der Waals surface area (Å²) in [6.07, 6.45) is 1.72. The number of carbonyl (C=O) groups excluding carboxylic acids is 2. The summed E-state index contributed by atoms with van der Waals surface area (Å²) in [6, 6.07) is 3.32. The predicted molar refractivity (Wildman–Crippen MR) is 70.5 cm³/mol. The molecule has 1 N–H and O–H groups in total. The van der Waals surface area contributed by atoms with Crippen LogP contribution in [0.2, 0.25) is 0 Å². The quantitative estimate of drug-likeness (QED) is 0.763. The second kappa shape index (κ2) is 3.96. The van der Waals surface area contributed by atoms with Crippen molar-refractivity contribution in [3.8, 4) is 0 Å². The maximum Gasteiger partial charge on any atom is 0.252 e. The molecule has 3 heterocycles. The van der Waals surface area contributed by atoms with Crippen LogP contribution in [0, 0.1) is 5.82 Å². The Morgan fingerprint density at radius 2 is 2.20 bits per heavy atom. The Balaban J connectivity index is 1.88. The topological polar surface area (TPSA) is 61.8 Å². The van der Waals surface area contributed by atoms with E-state index in [9.17, 15) is 14.0 Å². The standard InChI is InChI=1S/C14H12FN3O2/c15-7-3-4-10-8(6-7)12(19)13-17-9-2-1-5-16-11(9)14(20)18(10)13/h3-4,6,9,11,16H,1-2,5H2. The van der Waals surface area contributed by atoms with Crippen molar-refractivity contribution in [2.24, 2.45) is 4.99 Å². The molecule has 0 radical (unpaired) electrons. The van der Waals surface area contributed by atoms with Gasteiger partial charge in [0, 0.05) is 0 Å². The molecule has 4 rings (SSSR count). The Morgan fingerprint density at radius 1 is 1.35 bits per heavy atom. The van der Waals surface area contributed by atoms with E-state index >= 15 is 0 Å². The summed E-state index contributed by atoms with van der Waals surface area (Å²) in [6.45, 7) is 0.774. The third-order valence-electron chi connectivity index (χ3n) is 4.06. The maximum atomic E-state index is 13.3. The second-order valence-electron chi connectivity index (χ2n) is 5.26. The number of Topliss-reactive ketones (excluding diaryl/α,β-unsaturated/α-hetero) is 1. The van der Waals surface area contributed by atoms with Crippen molar-refractivity contribution in [1.29, 1.82) is 0 Å². The van der Waals surface area contributed by atoms with Crippen LogP contribution in [0.25, 0.3) is 0 Å². The normalized spacial score (nSPS) is 27.9. The first-order chi connectivity index (χ1) is 9.66. The van der Waals surface area contributed by atoms with E-state index in [-0.39, 0.29) is 35.2 Å². The summed E-state index contributed by atoms with van der Waals surface area (Å²) in [7, 11) is 0. The summed E-state index contributed by atoms with van der Waals surface area (Å²) in [5.74, 6) is -0.878. The zero-order valence-electron chi connectivity index (χ0n) is 10.6. The minimum absolute atomic E-state index is 0.139. The summed E-state index contributed by atoms with van der Waals surface area (Å²) in [5.41, 5.74) is 0.654. The van der Waals surface area contributed by atoms with Crippen molar-refractivity contribution in [3.63, 3.8) is 0 Å². The Labute approximate surface area is 114 Å². The number of aliphatic imine (C=N–C) groups is 1. The lowest BCUT2D eigenvalue weighted by molar-refractivity contribution is -0.120. The summed E-state index contributed by atoms with van der Waals surface area (Å²) < 4.78 is 13.3. The molecule has 5 nitrogen and oxygen atoms in total. The first-order valence-corrected chi connectivity index (χ1v) is 6.66. The highest BCUT2D eigenvalue weighted by Gasteiger charge is 2.47. The SMILES string of the molecule is O=C1C2=NC3CCCNC3C(=O)N2c2ccc(F)cc21. The van der Waals surface area contributed by atoms with Crippen LogP contribution in [0.15, 0.2) is 23.2 Å².